The number of nitrogens with two attached hydrogens (primary N) is 1. The van der Waals surface area contributed by atoms with Gasteiger partial charge >= 0.3 is 0 Å². The summed E-state index contributed by atoms with van der Waals surface area (Å²) >= 11 is 3.38. The van der Waals surface area contributed by atoms with Gasteiger partial charge in [0.15, 0.2) is 0 Å². The molecule has 1 amide bonds. The topological polar surface area (TPSA) is 80.9 Å². The summed E-state index contributed by atoms with van der Waals surface area (Å²) in [7, 11) is 0. The second-order valence-electron chi connectivity index (χ2n) is 4.61. The van der Waals surface area contributed by atoms with E-state index in [-0.39, 0.29) is 5.56 Å². The van der Waals surface area contributed by atoms with E-state index in [2.05, 4.69) is 31.2 Å². The minimum absolute atomic E-state index is 0.0761. The highest BCUT2D eigenvalue weighted by molar-refractivity contribution is 9.10. The Hall–Kier alpha value is -2.54. The molecule has 5 nitrogen and oxygen atoms in total. The average molecular weight is 361 g/mol. The second-order valence-corrected chi connectivity index (χ2v) is 5.53. The Morgan fingerprint density at radius 2 is 2.05 bits per heavy atom. The third-order valence-electron chi connectivity index (χ3n) is 2.98. The summed E-state index contributed by atoms with van der Waals surface area (Å²) in [5.74, 6) is -0.966. The summed E-state index contributed by atoms with van der Waals surface area (Å²) in [6, 6.07) is 9.36. The quantitative estimate of drug-likeness (QED) is 0.750. The van der Waals surface area contributed by atoms with E-state index in [1.54, 1.807) is 6.20 Å². The molecule has 1 aromatic heterocycles. The lowest BCUT2D eigenvalue weighted by Gasteiger charge is -2.07. The monoisotopic (exact) mass is 360 g/mol. The van der Waals surface area contributed by atoms with E-state index >= 15 is 0 Å². The molecule has 1 heterocycles. The summed E-state index contributed by atoms with van der Waals surface area (Å²) in [4.78, 5) is 19.7. The van der Waals surface area contributed by atoms with Crippen molar-refractivity contribution in [3.8, 4) is 0 Å². The lowest BCUT2D eigenvalue weighted by Crippen LogP contribution is -2.11. The number of carbonyl (C=O) groups excluding carboxylic acids is 1. The molecule has 3 rings (SSSR count). The number of nitrogens with zero attached hydrogens (tertiary/aromatic N) is 2. The molecule has 0 fully saturated rings. The van der Waals surface area contributed by atoms with Crippen LogP contribution in [0.5, 0.6) is 0 Å². The molecule has 0 bridgehead atoms. The minimum atomic E-state index is -0.702. The Labute approximate surface area is 133 Å². The largest absolute Gasteiger partial charge is 0.366 e. The van der Waals surface area contributed by atoms with Gasteiger partial charge in [-0.3, -0.25) is 4.79 Å². The molecule has 110 valence electrons. The first kappa shape index (κ1) is 14.4. The molecule has 2 aromatic carbocycles. The van der Waals surface area contributed by atoms with Crippen LogP contribution in [0.15, 0.2) is 47.1 Å². The van der Waals surface area contributed by atoms with Crippen molar-refractivity contribution >= 4 is 44.4 Å². The van der Waals surface area contributed by atoms with Gasteiger partial charge in [0.05, 0.1) is 5.52 Å². The van der Waals surface area contributed by atoms with Crippen LogP contribution < -0.4 is 11.1 Å². The van der Waals surface area contributed by atoms with Crippen molar-refractivity contribution in [2.24, 2.45) is 5.73 Å². The molecule has 7 heteroatoms. The molecule has 0 unspecified atom stereocenters. The fourth-order valence-electron chi connectivity index (χ4n) is 2.00. The zero-order valence-corrected chi connectivity index (χ0v) is 12.8. The van der Waals surface area contributed by atoms with E-state index < -0.39 is 11.7 Å². The second kappa shape index (κ2) is 5.69. The fraction of sp³-hybridized carbons (Fsp3) is 0. The maximum atomic E-state index is 13.5. The van der Waals surface area contributed by atoms with Crippen molar-refractivity contribution in [2.75, 3.05) is 5.32 Å². The number of amides is 1. The predicted molar refractivity (Wildman–Crippen MR) is 85.4 cm³/mol. The minimum Gasteiger partial charge on any atom is -0.366 e. The van der Waals surface area contributed by atoms with Crippen molar-refractivity contribution in [3.05, 3.63) is 58.4 Å². The van der Waals surface area contributed by atoms with Crippen molar-refractivity contribution < 1.29 is 9.18 Å². The number of carbonyl (C=O) groups is 1. The van der Waals surface area contributed by atoms with Crippen LogP contribution in [0.3, 0.4) is 0 Å². The van der Waals surface area contributed by atoms with Gasteiger partial charge in [-0.1, -0.05) is 15.9 Å². The molecule has 0 spiro atoms. The Morgan fingerprint density at radius 3 is 2.82 bits per heavy atom. The number of benzene rings is 2. The third-order valence-corrected chi connectivity index (χ3v) is 3.47. The summed E-state index contributed by atoms with van der Waals surface area (Å²) in [5, 5.41) is 3.74. The van der Waals surface area contributed by atoms with Crippen LogP contribution in [0.1, 0.15) is 10.4 Å². The summed E-state index contributed by atoms with van der Waals surface area (Å²) in [6.07, 6.45) is 1.66. The van der Waals surface area contributed by atoms with Gasteiger partial charge in [-0.25, -0.2) is 14.4 Å². The van der Waals surface area contributed by atoms with Crippen LogP contribution in [-0.4, -0.2) is 15.9 Å². The molecule has 0 saturated carbocycles. The molecule has 3 aromatic rings. The first-order valence-electron chi connectivity index (χ1n) is 6.31. The molecule has 0 aliphatic rings. The van der Waals surface area contributed by atoms with E-state index in [1.165, 1.54) is 12.1 Å². The number of aromatic nitrogens is 2. The molecule has 3 N–H and O–H groups in total. The van der Waals surface area contributed by atoms with Crippen LogP contribution >= 0.6 is 15.9 Å². The van der Waals surface area contributed by atoms with Crippen molar-refractivity contribution in [1.82, 2.24) is 9.97 Å². The van der Waals surface area contributed by atoms with Gasteiger partial charge in [0.25, 0.3) is 0 Å². The van der Waals surface area contributed by atoms with Crippen molar-refractivity contribution in [3.63, 3.8) is 0 Å². The normalized spacial score (nSPS) is 10.6. The Bertz CT molecular complexity index is 885. The third kappa shape index (κ3) is 3.04. The number of hydrogen-bond donors (Lipinski definition) is 2. The Balaban J connectivity index is 1.96. The highest BCUT2D eigenvalue weighted by Gasteiger charge is 2.07. The van der Waals surface area contributed by atoms with Gasteiger partial charge in [-0.15, -0.1) is 0 Å². The van der Waals surface area contributed by atoms with E-state index in [1.807, 2.05) is 18.2 Å². The smallest absolute Gasteiger partial charge is 0.248 e. The molecule has 0 atom stereocenters. The molecule has 0 radical (unpaired) electrons. The van der Waals surface area contributed by atoms with Crippen LogP contribution in [0.25, 0.3) is 10.9 Å². The maximum absolute atomic E-state index is 13.5. The van der Waals surface area contributed by atoms with Crippen LogP contribution in [-0.2, 0) is 0 Å². The van der Waals surface area contributed by atoms with E-state index in [0.717, 1.165) is 21.4 Å². The van der Waals surface area contributed by atoms with Crippen LogP contribution in [0.2, 0.25) is 0 Å². The fourth-order valence-corrected chi connectivity index (χ4v) is 2.38. The van der Waals surface area contributed by atoms with Crippen LogP contribution in [0, 0.1) is 5.82 Å². The summed E-state index contributed by atoms with van der Waals surface area (Å²) in [5.41, 5.74) is 6.34. The molecule has 0 saturated heterocycles. The standard InChI is InChI=1S/C15H10BrFN4O/c16-10-1-2-13-9(3-10)7-19-15(21-13)20-12-5-8(14(18)22)4-11(17)6-12/h1-7H,(H2,18,22)(H,19,20,21). The van der Waals surface area contributed by atoms with Crippen molar-refractivity contribution in [1.29, 1.82) is 0 Å². The lowest BCUT2D eigenvalue weighted by atomic mass is 10.2. The van der Waals surface area contributed by atoms with E-state index in [4.69, 9.17) is 5.73 Å². The highest BCUT2D eigenvalue weighted by Crippen LogP contribution is 2.21. The Kier molecular flexibility index (Phi) is 3.72. The predicted octanol–water partition coefficient (Wildman–Crippen LogP) is 3.37. The van der Waals surface area contributed by atoms with E-state index in [9.17, 15) is 9.18 Å². The maximum Gasteiger partial charge on any atom is 0.248 e. The SMILES string of the molecule is NC(=O)c1cc(F)cc(Nc2ncc3cc(Br)ccc3n2)c1. The summed E-state index contributed by atoms with van der Waals surface area (Å²) < 4.78 is 14.4. The molecule has 22 heavy (non-hydrogen) atoms. The zero-order valence-electron chi connectivity index (χ0n) is 11.2. The van der Waals surface area contributed by atoms with Gasteiger partial charge < -0.3 is 11.1 Å². The number of primary amides is 1. The number of hydrogen-bond acceptors (Lipinski definition) is 4. The number of nitrogens with one attached hydrogen (secondary N) is 1. The average Bonchev–Trinajstić information content (AvgIpc) is 2.47. The van der Waals surface area contributed by atoms with Gasteiger partial charge in [0.2, 0.25) is 11.9 Å². The van der Waals surface area contributed by atoms with Gasteiger partial charge in [-0.2, -0.15) is 0 Å². The van der Waals surface area contributed by atoms with Gasteiger partial charge in [0, 0.05) is 27.3 Å². The number of anilines is 2. The summed E-state index contributed by atoms with van der Waals surface area (Å²) in [6.45, 7) is 0. The number of fused-ring (bicyclic) bond motifs is 1. The Morgan fingerprint density at radius 1 is 1.23 bits per heavy atom. The molecule has 0 aliphatic carbocycles. The van der Waals surface area contributed by atoms with E-state index in [0.29, 0.717) is 11.6 Å². The van der Waals surface area contributed by atoms with Gasteiger partial charge in [0.1, 0.15) is 5.82 Å². The first-order chi connectivity index (χ1) is 10.5. The molecule has 0 aliphatic heterocycles. The molecular formula is C15H10BrFN4O. The number of rotatable bonds is 3. The highest BCUT2D eigenvalue weighted by atomic mass is 79.9. The van der Waals surface area contributed by atoms with Gasteiger partial charge in [-0.05, 0) is 36.4 Å². The van der Waals surface area contributed by atoms with Crippen LogP contribution in [0.4, 0.5) is 16.0 Å². The van der Waals surface area contributed by atoms with Crippen molar-refractivity contribution in [2.45, 2.75) is 0 Å². The number of halogens is 2. The zero-order chi connectivity index (χ0) is 15.7. The lowest BCUT2D eigenvalue weighted by molar-refractivity contribution is 0.1000. The first-order valence-corrected chi connectivity index (χ1v) is 7.10. The molecular weight excluding hydrogens is 351 g/mol.